The molecular weight excluding hydrogens is 447 g/mol. The Morgan fingerprint density at radius 1 is 1.07 bits per heavy atom. The van der Waals surface area contributed by atoms with Crippen LogP contribution in [0.3, 0.4) is 0 Å². The van der Waals surface area contributed by atoms with Crippen LogP contribution in [0.25, 0.3) is 0 Å². The zero-order valence-electron chi connectivity index (χ0n) is 16.8. The second-order valence-corrected chi connectivity index (χ2v) is 10.1. The van der Waals surface area contributed by atoms with E-state index in [1.54, 1.807) is 12.1 Å². The molecular formula is C21H24Cl2N2O4S. The van der Waals surface area contributed by atoms with E-state index >= 15 is 0 Å². The first-order chi connectivity index (χ1) is 14.2. The molecule has 0 spiro atoms. The van der Waals surface area contributed by atoms with Gasteiger partial charge in [0.15, 0.2) is 0 Å². The van der Waals surface area contributed by atoms with E-state index < -0.39 is 15.9 Å². The molecule has 1 aliphatic heterocycles. The molecule has 2 aromatic carbocycles. The normalized spacial score (nSPS) is 15.2. The Morgan fingerprint density at radius 3 is 2.40 bits per heavy atom. The van der Waals surface area contributed by atoms with Gasteiger partial charge < -0.3 is 10.1 Å². The van der Waals surface area contributed by atoms with Gasteiger partial charge in [0.1, 0.15) is 5.75 Å². The highest BCUT2D eigenvalue weighted by molar-refractivity contribution is 7.89. The third-order valence-electron chi connectivity index (χ3n) is 4.69. The van der Waals surface area contributed by atoms with Crippen molar-refractivity contribution in [3.63, 3.8) is 0 Å². The highest BCUT2D eigenvalue weighted by Crippen LogP contribution is 2.32. The number of nitrogens with zero attached hydrogens (tertiary/aromatic N) is 1. The number of carbonyl (C=O) groups is 1. The number of amides is 1. The highest BCUT2D eigenvalue weighted by atomic mass is 35.5. The number of hydrogen-bond acceptors (Lipinski definition) is 4. The number of rotatable bonds is 6. The number of ether oxygens (including phenoxy) is 1. The van der Waals surface area contributed by atoms with Crippen LogP contribution in [0, 0.1) is 0 Å². The van der Waals surface area contributed by atoms with Crippen LogP contribution in [0.4, 0.5) is 5.69 Å². The predicted molar refractivity (Wildman–Crippen MR) is 119 cm³/mol. The average Bonchev–Trinajstić information content (AvgIpc) is 2.69. The van der Waals surface area contributed by atoms with E-state index in [-0.39, 0.29) is 27.3 Å². The molecule has 1 saturated heterocycles. The van der Waals surface area contributed by atoms with Crippen LogP contribution >= 0.6 is 23.2 Å². The van der Waals surface area contributed by atoms with Gasteiger partial charge in [-0.1, -0.05) is 29.6 Å². The Hall–Kier alpha value is -1.80. The maximum atomic E-state index is 13.1. The van der Waals surface area contributed by atoms with E-state index in [4.69, 9.17) is 27.9 Å². The Labute approximate surface area is 187 Å². The SMILES string of the molecule is CC(C)Oc1ccc(S(=O)(=O)N2CCCCC2)cc1NC(=O)c1ccc(Cl)cc1Cl. The van der Waals surface area contributed by atoms with Crippen LogP contribution in [-0.2, 0) is 10.0 Å². The summed E-state index contributed by atoms with van der Waals surface area (Å²) in [4.78, 5) is 12.9. The molecule has 2 aromatic rings. The second-order valence-electron chi connectivity index (χ2n) is 7.37. The van der Waals surface area contributed by atoms with Crippen molar-refractivity contribution < 1.29 is 17.9 Å². The lowest BCUT2D eigenvalue weighted by atomic mass is 10.2. The first kappa shape index (κ1) is 22.9. The second kappa shape index (κ2) is 9.56. The summed E-state index contributed by atoms with van der Waals surface area (Å²) in [7, 11) is -3.66. The molecule has 1 amide bonds. The third-order valence-corrected chi connectivity index (χ3v) is 7.13. The molecule has 162 valence electrons. The van der Waals surface area contributed by atoms with Crippen molar-refractivity contribution in [3.05, 3.63) is 52.0 Å². The number of hydrogen-bond donors (Lipinski definition) is 1. The fourth-order valence-corrected chi connectivity index (χ4v) is 5.28. The minimum Gasteiger partial charge on any atom is -0.489 e. The lowest BCUT2D eigenvalue weighted by Crippen LogP contribution is -2.35. The summed E-state index contributed by atoms with van der Waals surface area (Å²) < 4.78 is 33.4. The zero-order valence-corrected chi connectivity index (χ0v) is 19.1. The zero-order chi connectivity index (χ0) is 21.9. The summed E-state index contributed by atoms with van der Waals surface area (Å²) in [6.07, 6.45) is 2.54. The van der Waals surface area contributed by atoms with Crippen molar-refractivity contribution in [1.29, 1.82) is 0 Å². The smallest absolute Gasteiger partial charge is 0.257 e. The molecule has 0 atom stereocenters. The van der Waals surface area contributed by atoms with Crippen molar-refractivity contribution in [2.24, 2.45) is 0 Å². The van der Waals surface area contributed by atoms with Crippen molar-refractivity contribution in [2.75, 3.05) is 18.4 Å². The largest absolute Gasteiger partial charge is 0.489 e. The number of halogens is 2. The van der Waals surface area contributed by atoms with Crippen molar-refractivity contribution in [3.8, 4) is 5.75 Å². The number of piperidine rings is 1. The van der Waals surface area contributed by atoms with E-state index in [0.717, 1.165) is 19.3 Å². The van der Waals surface area contributed by atoms with Gasteiger partial charge in [0.25, 0.3) is 5.91 Å². The first-order valence-corrected chi connectivity index (χ1v) is 12.0. The molecule has 6 nitrogen and oxygen atoms in total. The van der Waals surface area contributed by atoms with Gasteiger partial charge in [-0.2, -0.15) is 4.31 Å². The van der Waals surface area contributed by atoms with Crippen LogP contribution in [0.5, 0.6) is 5.75 Å². The maximum Gasteiger partial charge on any atom is 0.257 e. The lowest BCUT2D eigenvalue weighted by Gasteiger charge is -2.26. The third kappa shape index (κ3) is 5.27. The van der Waals surface area contributed by atoms with Crippen molar-refractivity contribution >= 4 is 44.8 Å². The van der Waals surface area contributed by atoms with Gasteiger partial charge in [0.05, 0.1) is 27.3 Å². The minimum absolute atomic E-state index is 0.109. The number of sulfonamides is 1. The molecule has 30 heavy (non-hydrogen) atoms. The van der Waals surface area contributed by atoms with Gasteiger partial charge in [-0.05, 0) is 63.1 Å². The van der Waals surface area contributed by atoms with Crippen molar-refractivity contribution in [2.45, 2.75) is 44.1 Å². The average molecular weight is 471 g/mol. The summed E-state index contributed by atoms with van der Waals surface area (Å²) in [5.74, 6) is -0.112. The standard InChI is InChI=1S/C21H24Cl2N2O4S/c1-14(2)29-20-9-7-16(30(27,28)25-10-4-3-5-11-25)13-19(20)24-21(26)17-8-6-15(22)12-18(17)23/h6-9,12-14H,3-5,10-11H2,1-2H3,(H,24,26). The van der Waals surface area contributed by atoms with E-state index in [0.29, 0.717) is 23.9 Å². The van der Waals surface area contributed by atoms with E-state index in [2.05, 4.69) is 5.32 Å². The number of anilines is 1. The number of nitrogens with one attached hydrogen (secondary N) is 1. The molecule has 1 fully saturated rings. The summed E-state index contributed by atoms with van der Waals surface area (Å²) in [5.41, 5.74) is 0.485. The fraction of sp³-hybridized carbons (Fsp3) is 0.381. The van der Waals surface area contributed by atoms with E-state index in [1.807, 2.05) is 13.8 Å². The summed E-state index contributed by atoms with van der Waals surface area (Å²) >= 11 is 12.0. The Morgan fingerprint density at radius 2 is 1.77 bits per heavy atom. The fourth-order valence-electron chi connectivity index (χ4n) is 3.24. The molecule has 1 heterocycles. The highest BCUT2D eigenvalue weighted by Gasteiger charge is 2.27. The molecule has 0 bridgehead atoms. The number of benzene rings is 2. The Bertz CT molecular complexity index is 1040. The van der Waals surface area contributed by atoms with Crippen LogP contribution < -0.4 is 10.1 Å². The summed E-state index contributed by atoms with van der Waals surface area (Å²) in [6.45, 7) is 4.68. The molecule has 0 aromatic heterocycles. The van der Waals surface area contributed by atoms with Crippen LogP contribution in [0.1, 0.15) is 43.5 Å². The molecule has 0 unspecified atom stereocenters. The molecule has 0 saturated carbocycles. The van der Waals surface area contributed by atoms with E-state index in [1.165, 1.54) is 28.6 Å². The van der Waals surface area contributed by atoms with Gasteiger partial charge in [0, 0.05) is 18.1 Å². The molecule has 1 N–H and O–H groups in total. The van der Waals surface area contributed by atoms with Gasteiger partial charge >= 0.3 is 0 Å². The van der Waals surface area contributed by atoms with Gasteiger partial charge in [-0.25, -0.2) is 8.42 Å². The predicted octanol–water partition coefficient (Wildman–Crippen LogP) is 5.21. The van der Waals surface area contributed by atoms with Crippen LogP contribution in [-0.4, -0.2) is 37.8 Å². The van der Waals surface area contributed by atoms with E-state index in [9.17, 15) is 13.2 Å². The quantitative estimate of drug-likeness (QED) is 0.628. The molecule has 1 aliphatic rings. The van der Waals surface area contributed by atoms with Crippen LogP contribution in [0.2, 0.25) is 10.0 Å². The van der Waals surface area contributed by atoms with Crippen LogP contribution in [0.15, 0.2) is 41.3 Å². The monoisotopic (exact) mass is 470 g/mol. The molecule has 0 radical (unpaired) electrons. The molecule has 0 aliphatic carbocycles. The topological polar surface area (TPSA) is 75.7 Å². The van der Waals surface area contributed by atoms with Gasteiger partial charge in [0.2, 0.25) is 10.0 Å². The lowest BCUT2D eigenvalue weighted by molar-refractivity contribution is 0.102. The first-order valence-electron chi connectivity index (χ1n) is 9.76. The number of carbonyl (C=O) groups excluding carboxylic acids is 1. The Kier molecular flexibility index (Phi) is 7.29. The summed E-state index contributed by atoms with van der Waals surface area (Å²) in [5, 5.41) is 3.34. The molecule has 9 heteroatoms. The van der Waals surface area contributed by atoms with Gasteiger partial charge in [-0.15, -0.1) is 0 Å². The Balaban J connectivity index is 1.96. The molecule has 3 rings (SSSR count). The van der Waals surface area contributed by atoms with Crippen molar-refractivity contribution in [1.82, 2.24) is 4.31 Å². The van der Waals surface area contributed by atoms with Gasteiger partial charge in [-0.3, -0.25) is 4.79 Å². The summed E-state index contributed by atoms with van der Waals surface area (Å²) in [6, 6.07) is 9.05. The minimum atomic E-state index is -3.66. The maximum absolute atomic E-state index is 13.1.